The SMILES string of the molecule is Cc1cc2c(cc1N1c3cc(-c4ccccc4)cc4c3B(c3c1oc1cc5c(cc31)C(C)(C)CCC5(C)C)N(c1ccc(C(C)(C)C)cc1)c1c-4ccc3ccccc13)C(C)(C)CCC2(C)C. The molecule has 0 unspecified atom stereocenters. The largest absolute Gasteiger partial charge is 0.440 e. The van der Waals surface area contributed by atoms with Gasteiger partial charge in [0.25, 0.3) is 0 Å². The molecule has 7 aromatic carbocycles. The summed E-state index contributed by atoms with van der Waals surface area (Å²) in [6.07, 6.45) is 4.62. The zero-order valence-corrected chi connectivity index (χ0v) is 41.8. The highest BCUT2D eigenvalue weighted by Crippen LogP contribution is 2.55. The van der Waals surface area contributed by atoms with Crippen molar-refractivity contribution in [1.29, 1.82) is 0 Å². The van der Waals surface area contributed by atoms with Crippen molar-refractivity contribution < 1.29 is 4.42 Å². The van der Waals surface area contributed by atoms with Gasteiger partial charge in [-0.25, -0.2) is 0 Å². The molecule has 12 rings (SSSR count). The molecule has 0 bridgehead atoms. The van der Waals surface area contributed by atoms with Crippen molar-refractivity contribution in [2.75, 3.05) is 9.71 Å². The van der Waals surface area contributed by atoms with E-state index in [1.54, 1.807) is 0 Å². The van der Waals surface area contributed by atoms with E-state index in [4.69, 9.17) is 4.42 Å². The number of aryl methyl sites for hydroxylation is 1. The molecule has 0 fully saturated rings. The maximum absolute atomic E-state index is 7.70. The summed E-state index contributed by atoms with van der Waals surface area (Å²) in [6, 6.07) is 49.3. The normalized spacial score (nSPS) is 18.3. The lowest BCUT2D eigenvalue weighted by Gasteiger charge is -2.46. The van der Waals surface area contributed by atoms with E-state index in [0.29, 0.717) is 0 Å². The number of furan rings is 1. The maximum atomic E-state index is 7.70. The van der Waals surface area contributed by atoms with Crippen LogP contribution in [0.5, 0.6) is 0 Å². The Hall–Kier alpha value is -6.00. The van der Waals surface area contributed by atoms with E-state index < -0.39 is 0 Å². The summed E-state index contributed by atoms with van der Waals surface area (Å²) in [6.45, 7) is 28.6. The molecule has 4 aliphatic rings. The topological polar surface area (TPSA) is 19.6 Å². The van der Waals surface area contributed by atoms with Crippen LogP contribution >= 0.6 is 0 Å². The highest BCUT2D eigenvalue weighted by atomic mass is 16.4. The Morgan fingerprint density at radius 1 is 0.522 bits per heavy atom. The Bertz CT molecular complexity index is 3360. The second-order valence-corrected chi connectivity index (χ2v) is 24.3. The number of hydrogen-bond donors (Lipinski definition) is 0. The van der Waals surface area contributed by atoms with Gasteiger partial charge in [-0.05, 0) is 163 Å². The van der Waals surface area contributed by atoms with E-state index in [0.717, 1.165) is 30.7 Å². The van der Waals surface area contributed by atoms with Gasteiger partial charge in [0.15, 0.2) is 0 Å². The first-order valence-electron chi connectivity index (χ1n) is 25.0. The van der Waals surface area contributed by atoms with Gasteiger partial charge in [-0.15, -0.1) is 0 Å². The molecule has 0 spiro atoms. The summed E-state index contributed by atoms with van der Waals surface area (Å²) in [5.74, 6) is 0.928. The minimum absolute atomic E-state index is 0.0219. The van der Waals surface area contributed by atoms with Crippen LogP contribution in [0.15, 0.2) is 132 Å². The van der Waals surface area contributed by atoms with Crippen LogP contribution in [0.25, 0.3) is 44.0 Å². The molecule has 2 aliphatic carbocycles. The quantitative estimate of drug-likeness (QED) is 0.165. The number of rotatable bonds is 3. The van der Waals surface area contributed by atoms with Crippen molar-refractivity contribution in [3.63, 3.8) is 0 Å². The predicted molar refractivity (Wildman–Crippen MR) is 287 cm³/mol. The number of fused-ring (bicyclic) bond motifs is 10. The average Bonchev–Trinajstić information content (AvgIpc) is 3.67. The Labute approximate surface area is 399 Å². The molecule has 2 aliphatic heterocycles. The van der Waals surface area contributed by atoms with Crippen LogP contribution in [0.3, 0.4) is 0 Å². The fourth-order valence-electron chi connectivity index (χ4n) is 12.7. The van der Waals surface area contributed by atoms with Gasteiger partial charge in [-0.2, -0.15) is 0 Å². The van der Waals surface area contributed by atoms with Crippen molar-refractivity contribution in [2.24, 2.45) is 0 Å². The van der Waals surface area contributed by atoms with Gasteiger partial charge in [-0.3, -0.25) is 4.90 Å². The lowest BCUT2D eigenvalue weighted by molar-refractivity contribution is 0.332. The summed E-state index contributed by atoms with van der Waals surface area (Å²) in [4.78, 5) is 5.26. The Morgan fingerprint density at radius 2 is 1.12 bits per heavy atom. The highest BCUT2D eigenvalue weighted by Gasteiger charge is 2.50. The van der Waals surface area contributed by atoms with Gasteiger partial charge in [0.05, 0.1) is 5.69 Å². The first-order valence-corrected chi connectivity index (χ1v) is 25.0. The monoisotopic (exact) mass is 877 g/mol. The minimum Gasteiger partial charge on any atom is -0.440 e. The lowest BCUT2D eigenvalue weighted by Crippen LogP contribution is -2.61. The van der Waals surface area contributed by atoms with Gasteiger partial charge >= 0.3 is 6.85 Å². The fraction of sp³-hybridized carbons (Fsp3) is 0.333. The van der Waals surface area contributed by atoms with Gasteiger partial charge in [0, 0.05) is 38.9 Å². The Morgan fingerprint density at radius 3 is 1.78 bits per heavy atom. The smallest absolute Gasteiger partial charge is 0.337 e. The van der Waals surface area contributed by atoms with E-state index >= 15 is 0 Å². The molecule has 8 aromatic rings. The molecule has 3 nitrogen and oxygen atoms in total. The van der Waals surface area contributed by atoms with E-state index in [9.17, 15) is 0 Å². The van der Waals surface area contributed by atoms with Crippen LogP contribution in [0, 0.1) is 6.92 Å². The van der Waals surface area contributed by atoms with Crippen molar-refractivity contribution in [3.8, 4) is 22.3 Å². The molecule has 0 saturated heterocycles. The van der Waals surface area contributed by atoms with Crippen molar-refractivity contribution in [2.45, 2.75) is 136 Å². The Kier molecular flexibility index (Phi) is 8.87. The van der Waals surface area contributed by atoms with Crippen LogP contribution in [0.2, 0.25) is 0 Å². The zero-order valence-electron chi connectivity index (χ0n) is 41.8. The first kappa shape index (κ1) is 42.4. The molecule has 0 saturated carbocycles. The Balaban J connectivity index is 1.26. The lowest BCUT2D eigenvalue weighted by atomic mass is 9.43. The van der Waals surface area contributed by atoms with E-state index in [1.165, 1.54) is 112 Å². The molecule has 0 radical (unpaired) electrons. The van der Waals surface area contributed by atoms with Gasteiger partial charge in [-0.1, -0.05) is 161 Å². The summed E-state index contributed by atoms with van der Waals surface area (Å²) in [7, 11) is 0. The molecule has 0 amide bonds. The fourth-order valence-corrected chi connectivity index (χ4v) is 12.7. The van der Waals surface area contributed by atoms with Crippen molar-refractivity contribution >= 4 is 68.1 Å². The first-order chi connectivity index (χ1) is 31.7. The summed E-state index contributed by atoms with van der Waals surface area (Å²) >= 11 is 0. The molecular formula is C63H65BN2O. The molecule has 3 heterocycles. The highest BCUT2D eigenvalue weighted by molar-refractivity contribution is 6.95. The number of nitrogens with zero attached hydrogens (tertiary/aromatic N) is 2. The van der Waals surface area contributed by atoms with Crippen LogP contribution < -0.4 is 20.6 Å². The minimum atomic E-state index is -0.188. The summed E-state index contributed by atoms with van der Waals surface area (Å²) in [5, 5.41) is 3.71. The summed E-state index contributed by atoms with van der Waals surface area (Å²) in [5.41, 5.74) is 21.9. The molecular weight excluding hydrogens is 812 g/mol. The number of anilines is 5. The number of hydrogen-bond acceptors (Lipinski definition) is 3. The average molecular weight is 877 g/mol. The second kappa shape index (κ2) is 14.0. The van der Waals surface area contributed by atoms with Gasteiger partial charge in [0.1, 0.15) is 5.58 Å². The molecule has 0 N–H and O–H groups in total. The van der Waals surface area contributed by atoms with Crippen molar-refractivity contribution in [1.82, 2.24) is 0 Å². The molecule has 0 atom stereocenters. The van der Waals surface area contributed by atoms with Crippen LogP contribution in [0.4, 0.5) is 28.6 Å². The van der Waals surface area contributed by atoms with E-state index in [1.807, 2.05) is 0 Å². The third kappa shape index (κ3) is 6.23. The number of benzene rings is 7. The van der Waals surface area contributed by atoms with Gasteiger partial charge < -0.3 is 9.23 Å². The van der Waals surface area contributed by atoms with Crippen LogP contribution in [0.1, 0.15) is 135 Å². The van der Waals surface area contributed by atoms with Crippen molar-refractivity contribution in [3.05, 3.63) is 161 Å². The standard InChI is InChI=1S/C63H65BN2O/c1-38-32-48-50(62(9,10)30-28-60(48,5)6)36-52(38)65-53-34-41(39-18-14-13-15-19-39)33-46-45-27-22-40-20-16-17-21-44(40)57(45)66(43-25-23-42(24-26-43)59(2,3)4)64(55(46)53)56-47-35-49-51(37-54(47)67-58(56)65)63(11,12)31-29-61(49,7)8/h13-27,32-37H,28-31H2,1-12H3. The van der Waals surface area contributed by atoms with Crippen LogP contribution in [-0.2, 0) is 27.1 Å². The van der Waals surface area contributed by atoms with Gasteiger partial charge in [0.2, 0.25) is 5.88 Å². The summed E-state index contributed by atoms with van der Waals surface area (Å²) < 4.78 is 7.70. The van der Waals surface area contributed by atoms with E-state index in [-0.39, 0.29) is 33.9 Å². The van der Waals surface area contributed by atoms with Crippen LogP contribution in [-0.4, -0.2) is 6.85 Å². The zero-order chi connectivity index (χ0) is 46.7. The molecule has 336 valence electrons. The third-order valence-electron chi connectivity index (χ3n) is 17.0. The van der Waals surface area contributed by atoms with E-state index in [2.05, 4.69) is 220 Å². The third-order valence-corrected chi connectivity index (χ3v) is 17.0. The second-order valence-electron chi connectivity index (χ2n) is 24.3. The predicted octanol–water partition coefficient (Wildman–Crippen LogP) is 16.3. The maximum Gasteiger partial charge on any atom is 0.337 e. The molecule has 1 aromatic heterocycles. The molecule has 67 heavy (non-hydrogen) atoms. The molecule has 4 heteroatoms.